The highest BCUT2D eigenvalue weighted by Gasteiger charge is 2.20. The minimum Gasteiger partial charge on any atom is -0.439 e. The molecule has 0 atom stereocenters. The van der Waals surface area contributed by atoms with Crippen LogP contribution in [-0.2, 0) is 6.54 Å². The van der Waals surface area contributed by atoms with Gasteiger partial charge in [0.1, 0.15) is 0 Å². The first-order valence-electron chi connectivity index (χ1n) is 8.13. The van der Waals surface area contributed by atoms with E-state index < -0.39 is 0 Å². The van der Waals surface area contributed by atoms with Crippen LogP contribution in [0.3, 0.4) is 0 Å². The Hall–Kier alpha value is -2.73. The van der Waals surface area contributed by atoms with Gasteiger partial charge in [0.15, 0.2) is 5.76 Å². The molecule has 2 aromatic heterocycles. The number of hydrogen-bond donors (Lipinski definition) is 0. The summed E-state index contributed by atoms with van der Waals surface area (Å²) in [4.78, 5) is 17.6. The summed E-state index contributed by atoms with van der Waals surface area (Å²) in [6, 6.07) is 11.9. The molecule has 1 saturated heterocycles. The molecule has 1 aliphatic heterocycles. The molecule has 1 aromatic carbocycles. The fourth-order valence-electron chi connectivity index (χ4n) is 2.87. The van der Waals surface area contributed by atoms with E-state index in [-0.39, 0.29) is 0 Å². The molecule has 1 fully saturated rings. The summed E-state index contributed by atoms with van der Waals surface area (Å²) in [5.74, 6) is 2.39. The molecule has 0 radical (unpaired) electrons. The van der Waals surface area contributed by atoms with Gasteiger partial charge >= 0.3 is 0 Å². The van der Waals surface area contributed by atoms with E-state index in [1.165, 1.54) is 0 Å². The summed E-state index contributed by atoms with van der Waals surface area (Å²) in [5, 5.41) is 0. The number of oxazole rings is 1. The maximum atomic E-state index is 5.89. The van der Waals surface area contributed by atoms with Crippen LogP contribution in [0, 0.1) is 0 Å². The van der Waals surface area contributed by atoms with Gasteiger partial charge in [0.2, 0.25) is 11.8 Å². The van der Waals surface area contributed by atoms with Gasteiger partial charge in [0.25, 0.3) is 0 Å². The van der Waals surface area contributed by atoms with Gasteiger partial charge < -0.3 is 9.32 Å². The van der Waals surface area contributed by atoms with Crippen molar-refractivity contribution in [3.05, 3.63) is 60.9 Å². The Kier molecular flexibility index (Phi) is 4.20. The molecule has 24 heavy (non-hydrogen) atoms. The average molecular weight is 321 g/mol. The Morgan fingerprint density at radius 2 is 1.62 bits per heavy atom. The average Bonchev–Trinajstić information content (AvgIpc) is 3.12. The highest BCUT2D eigenvalue weighted by atomic mass is 16.4. The molecule has 0 bridgehead atoms. The second-order valence-corrected chi connectivity index (χ2v) is 5.80. The Bertz CT molecular complexity index is 766. The van der Waals surface area contributed by atoms with Crippen LogP contribution in [0.15, 0.2) is 59.4 Å². The molecule has 0 unspecified atom stereocenters. The van der Waals surface area contributed by atoms with Gasteiger partial charge in [-0.15, -0.1) is 0 Å². The van der Waals surface area contributed by atoms with Crippen LogP contribution in [0.2, 0.25) is 0 Å². The maximum absolute atomic E-state index is 5.89. The van der Waals surface area contributed by atoms with Crippen LogP contribution in [0.1, 0.15) is 5.89 Å². The van der Waals surface area contributed by atoms with Crippen molar-refractivity contribution >= 4 is 5.95 Å². The van der Waals surface area contributed by atoms with Crippen LogP contribution in [-0.4, -0.2) is 46.0 Å². The number of nitrogens with zero attached hydrogens (tertiary/aromatic N) is 5. The second-order valence-electron chi connectivity index (χ2n) is 5.80. The Morgan fingerprint density at radius 1 is 0.875 bits per heavy atom. The number of benzene rings is 1. The van der Waals surface area contributed by atoms with Gasteiger partial charge in [0, 0.05) is 44.1 Å². The first-order valence-corrected chi connectivity index (χ1v) is 8.13. The molecule has 0 aliphatic carbocycles. The van der Waals surface area contributed by atoms with E-state index in [9.17, 15) is 0 Å². The minimum absolute atomic E-state index is 0.732. The molecule has 122 valence electrons. The van der Waals surface area contributed by atoms with Gasteiger partial charge in [-0.1, -0.05) is 30.3 Å². The van der Waals surface area contributed by atoms with Crippen molar-refractivity contribution in [2.75, 3.05) is 31.1 Å². The smallest absolute Gasteiger partial charge is 0.225 e. The van der Waals surface area contributed by atoms with Crippen LogP contribution >= 0.6 is 0 Å². The van der Waals surface area contributed by atoms with E-state index in [2.05, 4.69) is 24.8 Å². The highest BCUT2D eigenvalue weighted by molar-refractivity contribution is 5.55. The molecule has 1 aliphatic rings. The molecule has 3 heterocycles. The van der Waals surface area contributed by atoms with Gasteiger partial charge in [-0.3, -0.25) is 4.90 Å². The summed E-state index contributed by atoms with van der Waals surface area (Å²) >= 11 is 0. The van der Waals surface area contributed by atoms with E-state index in [4.69, 9.17) is 4.42 Å². The molecule has 4 rings (SSSR count). The minimum atomic E-state index is 0.732. The molecule has 6 nitrogen and oxygen atoms in total. The van der Waals surface area contributed by atoms with E-state index in [1.54, 1.807) is 18.6 Å². The lowest BCUT2D eigenvalue weighted by atomic mass is 10.2. The zero-order valence-electron chi connectivity index (χ0n) is 13.4. The molecule has 6 heteroatoms. The topological polar surface area (TPSA) is 58.3 Å². The van der Waals surface area contributed by atoms with Crippen molar-refractivity contribution in [3.8, 4) is 11.3 Å². The first kappa shape index (κ1) is 14.8. The quantitative estimate of drug-likeness (QED) is 0.736. The third kappa shape index (κ3) is 3.28. The fourth-order valence-corrected chi connectivity index (χ4v) is 2.87. The summed E-state index contributed by atoms with van der Waals surface area (Å²) < 4.78 is 5.89. The second kappa shape index (κ2) is 6.80. The predicted octanol–water partition coefficient (Wildman–Crippen LogP) is 2.45. The number of anilines is 1. The summed E-state index contributed by atoms with van der Waals surface area (Å²) in [6.07, 6.45) is 5.37. The molecule has 3 aromatic rings. The van der Waals surface area contributed by atoms with Crippen molar-refractivity contribution in [2.24, 2.45) is 0 Å². The number of piperazine rings is 1. The van der Waals surface area contributed by atoms with Crippen molar-refractivity contribution in [1.29, 1.82) is 0 Å². The summed E-state index contributed by atoms with van der Waals surface area (Å²) in [5.41, 5.74) is 1.06. The summed E-state index contributed by atoms with van der Waals surface area (Å²) in [6.45, 7) is 4.45. The maximum Gasteiger partial charge on any atom is 0.225 e. The molecule has 0 saturated carbocycles. The zero-order valence-corrected chi connectivity index (χ0v) is 13.4. The van der Waals surface area contributed by atoms with Gasteiger partial charge in [0.05, 0.1) is 12.7 Å². The highest BCUT2D eigenvalue weighted by Crippen LogP contribution is 2.21. The SMILES string of the molecule is c1ccc(-c2cnc(CN3CCN(c4ncccn4)CC3)o2)cc1. The predicted molar refractivity (Wildman–Crippen MR) is 91.5 cm³/mol. The molecule has 0 N–H and O–H groups in total. The number of aromatic nitrogens is 3. The molecule has 0 amide bonds. The lowest BCUT2D eigenvalue weighted by Gasteiger charge is -2.33. The van der Waals surface area contributed by atoms with Gasteiger partial charge in [-0.2, -0.15) is 0 Å². The zero-order chi connectivity index (χ0) is 16.2. The molecule has 0 spiro atoms. The third-order valence-corrected chi connectivity index (χ3v) is 4.18. The van der Waals surface area contributed by atoms with Crippen LogP contribution < -0.4 is 4.90 Å². The van der Waals surface area contributed by atoms with E-state index >= 15 is 0 Å². The van der Waals surface area contributed by atoms with E-state index in [0.29, 0.717) is 0 Å². The largest absolute Gasteiger partial charge is 0.439 e. The molecular weight excluding hydrogens is 302 g/mol. The lowest BCUT2D eigenvalue weighted by molar-refractivity contribution is 0.226. The number of rotatable bonds is 4. The standard InChI is InChI=1S/C18H19N5O/c1-2-5-15(6-3-1)16-13-21-17(24-16)14-22-9-11-23(12-10-22)18-19-7-4-8-20-18/h1-8,13H,9-12,14H2. The lowest BCUT2D eigenvalue weighted by Crippen LogP contribution is -2.46. The monoisotopic (exact) mass is 321 g/mol. The van der Waals surface area contributed by atoms with Crippen LogP contribution in [0.4, 0.5) is 5.95 Å². The third-order valence-electron chi connectivity index (χ3n) is 4.18. The Labute approximate surface area is 140 Å². The Balaban J connectivity index is 1.35. The van der Waals surface area contributed by atoms with Gasteiger partial charge in [-0.25, -0.2) is 15.0 Å². The van der Waals surface area contributed by atoms with E-state index in [0.717, 1.165) is 55.9 Å². The van der Waals surface area contributed by atoms with Gasteiger partial charge in [-0.05, 0) is 6.07 Å². The molecular formula is C18H19N5O. The van der Waals surface area contributed by atoms with Crippen LogP contribution in [0.5, 0.6) is 0 Å². The first-order chi connectivity index (χ1) is 11.9. The van der Waals surface area contributed by atoms with Crippen molar-refractivity contribution in [2.45, 2.75) is 6.54 Å². The van der Waals surface area contributed by atoms with Crippen molar-refractivity contribution in [3.63, 3.8) is 0 Å². The van der Waals surface area contributed by atoms with Crippen molar-refractivity contribution < 1.29 is 4.42 Å². The Morgan fingerprint density at radius 3 is 2.38 bits per heavy atom. The summed E-state index contributed by atoms with van der Waals surface area (Å²) in [7, 11) is 0. The number of hydrogen-bond acceptors (Lipinski definition) is 6. The van der Waals surface area contributed by atoms with E-state index in [1.807, 2.05) is 36.4 Å². The fraction of sp³-hybridized carbons (Fsp3) is 0.278. The van der Waals surface area contributed by atoms with Crippen molar-refractivity contribution in [1.82, 2.24) is 19.9 Å². The van der Waals surface area contributed by atoms with Crippen LogP contribution in [0.25, 0.3) is 11.3 Å². The normalized spacial score (nSPS) is 15.6.